The molecule has 2 aromatic rings. The van der Waals surface area contributed by atoms with Crippen LogP contribution in [0.15, 0.2) is 36.4 Å². The van der Waals surface area contributed by atoms with E-state index in [9.17, 15) is 4.39 Å². The summed E-state index contributed by atoms with van der Waals surface area (Å²) in [5.74, 6) is -0.495. The van der Waals surface area contributed by atoms with Crippen molar-refractivity contribution in [3.05, 3.63) is 63.4 Å². The van der Waals surface area contributed by atoms with Gasteiger partial charge in [0.2, 0.25) is 0 Å². The van der Waals surface area contributed by atoms with Crippen molar-refractivity contribution in [2.45, 2.75) is 13.2 Å². The smallest absolute Gasteiger partial charge is 0.165 e. The average molecular weight is 301 g/mol. The largest absolute Gasteiger partial charge is 0.485 e. The minimum Gasteiger partial charge on any atom is -0.485 e. The van der Waals surface area contributed by atoms with Gasteiger partial charge in [-0.1, -0.05) is 35.3 Å². The molecule has 5 heteroatoms. The Bertz CT molecular complexity index is 588. The Morgan fingerprint density at radius 2 is 1.89 bits per heavy atom. The third-order valence-corrected chi connectivity index (χ3v) is 3.20. The van der Waals surface area contributed by atoms with Gasteiger partial charge in [0.15, 0.2) is 11.6 Å². The van der Waals surface area contributed by atoms with Crippen molar-refractivity contribution < 1.29 is 14.2 Å². The minimum absolute atomic E-state index is 0.0287. The van der Waals surface area contributed by atoms with Gasteiger partial charge in [0, 0.05) is 21.2 Å². The second kappa shape index (κ2) is 6.24. The van der Waals surface area contributed by atoms with Gasteiger partial charge in [0.1, 0.15) is 6.61 Å². The van der Waals surface area contributed by atoms with Crippen molar-refractivity contribution in [3.8, 4) is 5.75 Å². The maximum absolute atomic E-state index is 13.6. The molecule has 0 saturated heterocycles. The molecule has 0 unspecified atom stereocenters. The summed E-state index contributed by atoms with van der Waals surface area (Å²) in [4.78, 5) is 0. The number of rotatable bonds is 4. The summed E-state index contributed by atoms with van der Waals surface area (Å²) in [6.07, 6.45) is 0. The van der Waals surface area contributed by atoms with Gasteiger partial charge in [-0.15, -0.1) is 0 Å². The van der Waals surface area contributed by atoms with E-state index in [4.69, 9.17) is 33.0 Å². The van der Waals surface area contributed by atoms with Crippen LogP contribution in [0.1, 0.15) is 11.1 Å². The van der Waals surface area contributed by atoms with Gasteiger partial charge in [-0.25, -0.2) is 4.39 Å². The second-order valence-corrected chi connectivity index (χ2v) is 4.75. The predicted molar refractivity (Wildman–Crippen MR) is 73.1 cm³/mol. The molecular weight excluding hydrogens is 290 g/mol. The number of halogens is 3. The summed E-state index contributed by atoms with van der Waals surface area (Å²) in [7, 11) is 0. The maximum Gasteiger partial charge on any atom is 0.165 e. The van der Waals surface area contributed by atoms with E-state index in [0.717, 1.165) is 0 Å². The van der Waals surface area contributed by atoms with Crippen LogP contribution < -0.4 is 4.74 Å². The fourth-order valence-corrected chi connectivity index (χ4v) is 2.01. The highest BCUT2D eigenvalue weighted by molar-refractivity contribution is 6.33. The summed E-state index contributed by atoms with van der Waals surface area (Å²) >= 11 is 11.9. The molecule has 2 aromatic carbocycles. The number of aliphatic hydroxyl groups is 1. The number of ether oxygens (including phenoxy) is 1. The normalized spacial score (nSPS) is 10.5. The molecule has 0 amide bonds. The molecule has 0 spiro atoms. The van der Waals surface area contributed by atoms with Gasteiger partial charge in [0.05, 0.1) is 6.61 Å². The lowest BCUT2D eigenvalue weighted by atomic mass is 10.2. The van der Waals surface area contributed by atoms with Gasteiger partial charge in [0.25, 0.3) is 0 Å². The van der Waals surface area contributed by atoms with Gasteiger partial charge in [-0.05, 0) is 24.3 Å². The van der Waals surface area contributed by atoms with Crippen molar-refractivity contribution in [1.82, 2.24) is 0 Å². The van der Waals surface area contributed by atoms with Crippen LogP contribution in [0.2, 0.25) is 10.0 Å². The summed E-state index contributed by atoms with van der Waals surface area (Å²) in [6.45, 7) is -0.219. The lowest BCUT2D eigenvalue weighted by Crippen LogP contribution is -2.01. The number of hydrogen-bond donors (Lipinski definition) is 1. The Balaban J connectivity index is 2.21. The van der Waals surface area contributed by atoms with E-state index in [1.165, 1.54) is 12.1 Å². The maximum atomic E-state index is 13.6. The molecule has 100 valence electrons. The van der Waals surface area contributed by atoms with Crippen LogP contribution >= 0.6 is 23.2 Å². The van der Waals surface area contributed by atoms with E-state index in [1.54, 1.807) is 24.3 Å². The topological polar surface area (TPSA) is 29.5 Å². The van der Waals surface area contributed by atoms with Crippen LogP contribution in [-0.2, 0) is 13.2 Å². The van der Waals surface area contributed by atoms with Crippen LogP contribution in [0, 0.1) is 5.82 Å². The Morgan fingerprint density at radius 3 is 2.63 bits per heavy atom. The minimum atomic E-state index is -0.523. The number of hydrogen-bond acceptors (Lipinski definition) is 2. The number of aliphatic hydroxyl groups excluding tert-OH is 1. The third-order valence-electron chi connectivity index (χ3n) is 2.60. The first kappa shape index (κ1) is 14.1. The molecular formula is C14H11Cl2FO2. The van der Waals surface area contributed by atoms with Gasteiger partial charge in [-0.2, -0.15) is 0 Å². The highest BCUT2D eigenvalue weighted by Gasteiger charge is 2.10. The number of benzene rings is 2. The average Bonchev–Trinajstić information content (AvgIpc) is 2.40. The fourth-order valence-electron chi connectivity index (χ4n) is 1.64. The van der Waals surface area contributed by atoms with Crippen LogP contribution in [-0.4, -0.2) is 5.11 Å². The summed E-state index contributed by atoms with van der Waals surface area (Å²) < 4.78 is 19.0. The standard InChI is InChI=1S/C14H11Cl2FO2/c15-11-4-5-12(16)10(6-11)8-19-14-9(7-18)2-1-3-13(14)17/h1-6,18H,7-8H2. The highest BCUT2D eigenvalue weighted by Crippen LogP contribution is 2.26. The molecule has 2 nitrogen and oxygen atoms in total. The molecule has 0 saturated carbocycles. The predicted octanol–water partition coefficient (Wildman–Crippen LogP) is 4.20. The van der Waals surface area contributed by atoms with Crippen LogP contribution in [0.25, 0.3) is 0 Å². The zero-order valence-electron chi connectivity index (χ0n) is 9.87. The quantitative estimate of drug-likeness (QED) is 0.917. The van der Waals surface area contributed by atoms with Crippen LogP contribution in [0.3, 0.4) is 0 Å². The molecule has 0 fully saturated rings. The highest BCUT2D eigenvalue weighted by atomic mass is 35.5. The van der Waals surface area contributed by atoms with E-state index in [1.807, 2.05) is 0 Å². The zero-order valence-corrected chi connectivity index (χ0v) is 11.4. The first-order valence-electron chi connectivity index (χ1n) is 5.57. The third kappa shape index (κ3) is 3.38. The molecule has 0 atom stereocenters. The van der Waals surface area contributed by atoms with Crippen molar-refractivity contribution in [2.24, 2.45) is 0 Å². The first-order chi connectivity index (χ1) is 9.11. The van der Waals surface area contributed by atoms with Gasteiger partial charge in [-0.3, -0.25) is 0 Å². The van der Waals surface area contributed by atoms with E-state index in [2.05, 4.69) is 0 Å². The molecule has 0 heterocycles. The van der Waals surface area contributed by atoms with Crippen molar-refractivity contribution in [3.63, 3.8) is 0 Å². The Morgan fingerprint density at radius 1 is 1.11 bits per heavy atom. The molecule has 0 bridgehead atoms. The Kier molecular flexibility index (Phi) is 4.64. The molecule has 0 aliphatic rings. The van der Waals surface area contributed by atoms with E-state index >= 15 is 0 Å². The first-order valence-corrected chi connectivity index (χ1v) is 6.32. The van der Waals surface area contributed by atoms with Crippen molar-refractivity contribution in [1.29, 1.82) is 0 Å². The van der Waals surface area contributed by atoms with Gasteiger partial charge >= 0.3 is 0 Å². The lowest BCUT2D eigenvalue weighted by Gasteiger charge is -2.12. The molecule has 0 aromatic heterocycles. The Labute approximate surface area is 120 Å². The molecule has 0 aliphatic heterocycles. The van der Waals surface area contributed by atoms with Crippen molar-refractivity contribution in [2.75, 3.05) is 0 Å². The summed E-state index contributed by atoms with van der Waals surface area (Å²) in [5, 5.41) is 10.2. The fraction of sp³-hybridized carbons (Fsp3) is 0.143. The molecule has 19 heavy (non-hydrogen) atoms. The van der Waals surface area contributed by atoms with E-state index < -0.39 is 5.82 Å². The summed E-state index contributed by atoms with van der Waals surface area (Å²) in [6, 6.07) is 9.35. The molecule has 0 radical (unpaired) electrons. The molecule has 0 aliphatic carbocycles. The van der Waals surface area contributed by atoms with E-state index in [-0.39, 0.29) is 19.0 Å². The van der Waals surface area contributed by atoms with Crippen LogP contribution in [0.5, 0.6) is 5.75 Å². The molecule has 2 rings (SSSR count). The van der Waals surface area contributed by atoms with Gasteiger partial charge < -0.3 is 9.84 Å². The molecule has 1 N–H and O–H groups in total. The Hall–Kier alpha value is -1.29. The SMILES string of the molecule is OCc1cccc(F)c1OCc1cc(Cl)ccc1Cl. The van der Waals surface area contributed by atoms with Crippen LogP contribution in [0.4, 0.5) is 4.39 Å². The van der Waals surface area contributed by atoms with E-state index in [0.29, 0.717) is 21.2 Å². The number of para-hydroxylation sites is 1. The monoisotopic (exact) mass is 300 g/mol. The lowest BCUT2D eigenvalue weighted by molar-refractivity contribution is 0.251. The summed E-state index contributed by atoms with van der Waals surface area (Å²) in [5.41, 5.74) is 1.04. The second-order valence-electron chi connectivity index (χ2n) is 3.91. The zero-order chi connectivity index (χ0) is 13.8. The van der Waals surface area contributed by atoms with Crippen molar-refractivity contribution >= 4 is 23.2 Å².